The molecule has 0 aliphatic carbocycles. The van der Waals surface area contributed by atoms with Crippen LogP contribution < -0.4 is 15.2 Å². The molecule has 10 heteroatoms. The van der Waals surface area contributed by atoms with Gasteiger partial charge < -0.3 is 9.64 Å². The van der Waals surface area contributed by atoms with Crippen molar-refractivity contribution >= 4 is 27.3 Å². The van der Waals surface area contributed by atoms with Crippen LogP contribution in [0, 0.1) is 0 Å². The maximum Gasteiger partial charge on any atom is 0.264 e. The van der Waals surface area contributed by atoms with Crippen molar-refractivity contribution in [3.8, 4) is 17.0 Å². The summed E-state index contributed by atoms with van der Waals surface area (Å²) >= 11 is 6.26. The Balaban J connectivity index is 1.54. The highest BCUT2D eigenvalue weighted by Crippen LogP contribution is 2.30. The Hall–Kier alpha value is -2.88. The van der Waals surface area contributed by atoms with E-state index in [0.29, 0.717) is 37.4 Å². The minimum absolute atomic E-state index is 0.0255. The van der Waals surface area contributed by atoms with E-state index in [1.165, 1.54) is 28.6 Å². The molecule has 0 unspecified atom stereocenters. The van der Waals surface area contributed by atoms with Crippen molar-refractivity contribution in [3.05, 3.63) is 70.0 Å². The Kier molecular flexibility index (Phi) is 5.99. The van der Waals surface area contributed by atoms with Crippen LogP contribution in [0.3, 0.4) is 0 Å². The standard InChI is InChI=1S/C21H21ClN4O4S/c1-30-17-5-3-16(4-6-17)25-10-12-26(13-11-25)31(28,29)20-14-15(2-7-18(20)22)19-8-9-21(27)24-23-19/h2-9,14H,10-13H2,1H3,(H,24,27). The van der Waals surface area contributed by atoms with Crippen LogP contribution in [-0.4, -0.2) is 56.2 Å². The highest BCUT2D eigenvalue weighted by molar-refractivity contribution is 7.89. The van der Waals surface area contributed by atoms with Crippen molar-refractivity contribution in [1.82, 2.24) is 14.5 Å². The summed E-state index contributed by atoms with van der Waals surface area (Å²) in [6, 6.07) is 15.3. The molecule has 0 atom stereocenters. The lowest BCUT2D eigenvalue weighted by Crippen LogP contribution is -2.48. The topological polar surface area (TPSA) is 95.6 Å². The summed E-state index contributed by atoms with van der Waals surface area (Å²) in [4.78, 5) is 13.4. The summed E-state index contributed by atoms with van der Waals surface area (Å²) in [5.41, 5.74) is 1.69. The van der Waals surface area contributed by atoms with Gasteiger partial charge in [0.2, 0.25) is 10.0 Å². The molecule has 0 spiro atoms. The second-order valence-electron chi connectivity index (χ2n) is 7.04. The molecule has 0 amide bonds. The Morgan fingerprint density at radius 3 is 2.32 bits per heavy atom. The van der Waals surface area contributed by atoms with Gasteiger partial charge in [-0.25, -0.2) is 13.5 Å². The van der Waals surface area contributed by atoms with Gasteiger partial charge in [0.25, 0.3) is 5.56 Å². The van der Waals surface area contributed by atoms with E-state index < -0.39 is 10.0 Å². The van der Waals surface area contributed by atoms with Crippen molar-refractivity contribution in [2.45, 2.75) is 4.90 Å². The Morgan fingerprint density at radius 2 is 1.71 bits per heavy atom. The number of hydrogen-bond donors (Lipinski definition) is 1. The molecule has 0 saturated carbocycles. The van der Waals surface area contributed by atoms with E-state index in [2.05, 4.69) is 15.1 Å². The van der Waals surface area contributed by atoms with Crippen molar-refractivity contribution in [1.29, 1.82) is 0 Å². The third-order valence-corrected chi connectivity index (χ3v) is 7.58. The fraction of sp³-hybridized carbons (Fsp3) is 0.238. The largest absolute Gasteiger partial charge is 0.497 e. The summed E-state index contributed by atoms with van der Waals surface area (Å²) < 4.78 is 33.2. The van der Waals surface area contributed by atoms with E-state index >= 15 is 0 Å². The van der Waals surface area contributed by atoms with E-state index in [1.54, 1.807) is 13.2 Å². The first-order chi connectivity index (χ1) is 14.9. The van der Waals surface area contributed by atoms with E-state index in [4.69, 9.17) is 16.3 Å². The van der Waals surface area contributed by atoms with E-state index in [9.17, 15) is 13.2 Å². The van der Waals surface area contributed by atoms with Crippen LogP contribution in [-0.2, 0) is 10.0 Å². The maximum absolute atomic E-state index is 13.3. The summed E-state index contributed by atoms with van der Waals surface area (Å²) in [6.07, 6.45) is 0. The Bertz CT molecular complexity index is 1220. The van der Waals surface area contributed by atoms with Gasteiger partial charge in [-0.3, -0.25) is 4.79 Å². The number of methoxy groups -OCH3 is 1. The lowest BCUT2D eigenvalue weighted by Gasteiger charge is -2.35. The third kappa shape index (κ3) is 4.43. The van der Waals surface area contributed by atoms with Gasteiger partial charge in [0.05, 0.1) is 17.8 Å². The van der Waals surface area contributed by atoms with E-state index in [1.807, 2.05) is 24.3 Å². The molecule has 2 heterocycles. The lowest BCUT2D eigenvalue weighted by atomic mass is 10.1. The second kappa shape index (κ2) is 8.70. The molecule has 0 radical (unpaired) electrons. The number of nitrogens with zero attached hydrogens (tertiary/aromatic N) is 3. The molecule has 4 rings (SSSR count). The number of ether oxygens (including phenoxy) is 1. The number of aromatic nitrogens is 2. The van der Waals surface area contributed by atoms with Gasteiger partial charge in [0, 0.05) is 43.5 Å². The number of piperazine rings is 1. The number of anilines is 1. The van der Waals surface area contributed by atoms with Gasteiger partial charge in [-0.05, 0) is 42.5 Å². The second-order valence-corrected chi connectivity index (χ2v) is 9.35. The normalized spacial score (nSPS) is 15.1. The SMILES string of the molecule is COc1ccc(N2CCN(S(=O)(=O)c3cc(-c4ccc(=O)[nH]n4)ccc3Cl)CC2)cc1. The first-order valence-electron chi connectivity index (χ1n) is 9.63. The number of hydrogen-bond acceptors (Lipinski definition) is 6. The minimum atomic E-state index is -3.79. The molecule has 8 nitrogen and oxygen atoms in total. The number of rotatable bonds is 5. The third-order valence-electron chi connectivity index (χ3n) is 5.20. The van der Waals surface area contributed by atoms with Crippen LogP contribution in [0.2, 0.25) is 5.02 Å². The molecule has 1 aromatic heterocycles. The fourth-order valence-corrected chi connectivity index (χ4v) is 5.41. The number of aromatic amines is 1. The summed E-state index contributed by atoms with van der Waals surface area (Å²) in [5, 5.41) is 6.46. The zero-order chi connectivity index (χ0) is 22.0. The Labute approximate surface area is 185 Å². The predicted molar refractivity (Wildman–Crippen MR) is 119 cm³/mol. The molecule has 1 N–H and O–H groups in total. The zero-order valence-electron chi connectivity index (χ0n) is 16.8. The van der Waals surface area contributed by atoms with Crippen LogP contribution in [0.4, 0.5) is 5.69 Å². The van der Waals surface area contributed by atoms with Crippen LogP contribution in [0.1, 0.15) is 0 Å². The number of sulfonamides is 1. The molecular formula is C21H21ClN4O4S. The first-order valence-corrected chi connectivity index (χ1v) is 11.4. The molecule has 162 valence electrons. The van der Waals surface area contributed by atoms with E-state index in [0.717, 1.165) is 11.4 Å². The number of halogens is 1. The smallest absolute Gasteiger partial charge is 0.264 e. The average molecular weight is 461 g/mol. The molecule has 1 aliphatic rings. The highest BCUT2D eigenvalue weighted by Gasteiger charge is 2.30. The molecule has 1 aliphatic heterocycles. The summed E-state index contributed by atoms with van der Waals surface area (Å²) in [6.45, 7) is 1.80. The average Bonchev–Trinajstić information content (AvgIpc) is 2.80. The molecule has 1 saturated heterocycles. The van der Waals surface area contributed by atoms with Crippen LogP contribution in [0.15, 0.2) is 64.3 Å². The summed E-state index contributed by atoms with van der Waals surface area (Å²) in [5.74, 6) is 0.775. The van der Waals surface area contributed by atoms with Crippen molar-refractivity contribution in [3.63, 3.8) is 0 Å². The first kappa shape index (κ1) is 21.4. The maximum atomic E-state index is 13.3. The molecule has 31 heavy (non-hydrogen) atoms. The van der Waals surface area contributed by atoms with Gasteiger partial charge in [0.1, 0.15) is 10.6 Å². The van der Waals surface area contributed by atoms with Gasteiger partial charge in [-0.1, -0.05) is 17.7 Å². The quantitative estimate of drug-likeness (QED) is 0.628. The highest BCUT2D eigenvalue weighted by atomic mass is 35.5. The summed E-state index contributed by atoms with van der Waals surface area (Å²) in [7, 11) is -2.18. The molecule has 2 aromatic carbocycles. The van der Waals surface area contributed by atoms with Crippen molar-refractivity contribution in [2.24, 2.45) is 0 Å². The number of benzene rings is 2. The number of nitrogens with one attached hydrogen (secondary N) is 1. The van der Waals surface area contributed by atoms with Crippen LogP contribution >= 0.6 is 11.6 Å². The number of H-pyrrole nitrogens is 1. The zero-order valence-corrected chi connectivity index (χ0v) is 18.4. The van der Waals surface area contributed by atoms with Crippen LogP contribution in [0.25, 0.3) is 11.3 Å². The molecule has 0 bridgehead atoms. The van der Waals surface area contributed by atoms with Gasteiger partial charge >= 0.3 is 0 Å². The Morgan fingerprint density at radius 1 is 1.00 bits per heavy atom. The monoisotopic (exact) mass is 460 g/mol. The molecular weight excluding hydrogens is 440 g/mol. The minimum Gasteiger partial charge on any atom is -0.497 e. The van der Waals surface area contributed by atoms with Gasteiger partial charge in [-0.15, -0.1) is 0 Å². The van der Waals surface area contributed by atoms with Gasteiger partial charge in [0.15, 0.2) is 0 Å². The predicted octanol–water partition coefficient (Wildman–Crippen LogP) is 2.61. The fourth-order valence-electron chi connectivity index (χ4n) is 3.48. The van der Waals surface area contributed by atoms with Crippen molar-refractivity contribution < 1.29 is 13.2 Å². The molecule has 1 fully saturated rings. The van der Waals surface area contributed by atoms with E-state index in [-0.39, 0.29) is 15.5 Å². The van der Waals surface area contributed by atoms with Crippen LogP contribution in [0.5, 0.6) is 5.75 Å². The van der Waals surface area contributed by atoms with Gasteiger partial charge in [-0.2, -0.15) is 9.40 Å². The van der Waals surface area contributed by atoms with Crippen molar-refractivity contribution in [2.75, 3.05) is 38.2 Å². The molecule has 3 aromatic rings. The lowest BCUT2D eigenvalue weighted by molar-refractivity contribution is 0.384.